The predicted octanol–water partition coefficient (Wildman–Crippen LogP) is 3.39. The van der Waals surface area contributed by atoms with E-state index in [0.717, 1.165) is 11.3 Å². The summed E-state index contributed by atoms with van der Waals surface area (Å²) in [6.45, 7) is 1.95. The number of amides is 1. The molecule has 0 saturated carbocycles. The van der Waals surface area contributed by atoms with E-state index in [1.807, 2.05) is 31.2 Å². The van der Waals surface area contributed by atoms with E-state index in [1.165, 1.54) is 0 Å². The van der Waals surface area contributed by atoms with E-state index in [0.29, 0.717) is 22.0 Å². The van der Waals surface area contributed by atoms with Gasteiger partial charge in [0.05, 0.1) is 5.02 Å². The third kappa shape index (κ3) is 2.13. The molecule has 1 heterocycles. The highest BCUT2D eigenvalue weighted by atomic mass is 35.5. The van der Waals surface area contributed by atoms with Gasteiger partial charge in [-0.3, -0.25) is 4.79 Å². The molecule has 1 aliphatic heterocycles. The van der Waals surface area contributed by atoms with E-state index >= 15 is 0 Å². The second-order valence-electron chi connectivity index (χ2n) is 4.70. The number of fused-ring (bicyclic) bond motifs is 1. The molecule has 1 atom stereocenters. The van der Waals surface area contributed by atoms with Crippen molar-refractivity contribution in [3.8, 4) is 11.5 Å². The van der Waals surface area contributed by atoms with Crippen LogP contribution in [0.15, 0.2) is 36.4 Å². The lowest BCUT2D eigenvalue weighted by Crippen LogP contribution is -2.19. The molecular formula is C15H13ClN2O2. The summed E-state index contributed by atoms with van der Waals surface area (Å²) in [7, 11) is 0. The topological polar surface area (TPSA) is 64.3 Å². The lowest BCUT2D eigenvalue weighted by molar-refractivity contribution is -0.116. The first-order valence-corrected chi connectivity index (χ1v) is 6.57. The van der Waals surface area contributed by atoms with Crippen LogP contribution in [-0.2, 0) is 4.79 Å². The van der Waals surface area contributed by atoms with Crippen LogP contribution in [-0.4, -0.2) is 5.91 Å². The van der Waals surface area contributed by atoms with Crippen LogP contribution in [0.25, 0.3) is 0 Å². The SMILES string of the molecule is Cc1ccccc1Oc1cc2c(cc1Cl)C(N)C(=O)N2. The van der Waals surface area contributed by atoms with Crippen LogP contribution in [0.5, 0.6) is 11.5 Å². The zero-order valence-corrected chi connectivity index (χ0v) is 11.6. The second-order valence-corrected chi connectivity index (χ2v) is 5.11. The lowest BCUT2D eigenvalue weighted by atomic mass is 10.1. The molecule has 1 amide bonds. The van der Waals surface area contributed by atoms with E-state index < -0.39 is 6.04 Å². The standard InChI is InChI=1S/C15H13ClN2O2/c1-8-4-2-3-5-12(8)20-13-7-11-9(6-10(13)16)14(17)15(19)18-11/h2-7,14H,17H2,1H3,(H,18,19). The van der Waals surface area contributed by atoms with Crippen molar-refractivity contribution >= 4 is 23.2 Å². The van der Waals surface area contributed by atoms with Gasteiger partial charge in [0.1, 0.15) is 17.5 Å². The zero-order chi connectivity index (χ0) is 14.3. The first kappa shape index (κ1) is 13.0. The van der Waals surface area contributed by atoms with Crippen LogP contribution >= 0.6 is 11.6 Å². The van der Waals surface area contributed by atoms with Crippen LogP contribution in [0.1, 0.15) is 17.2 Å². The molecule has 0 aromatic heterocycles. The van der Waals surface area contributed by atoms with Crippen molar-refractivity contribution < 1.29 is 9.53 Å². The molecule has 1 unspecified atom stereocenters. The molecule has 0 fully saturated rings. The Kier molecular flexibility index (Phi) is 3.12. The summed E-state index contributed by atoms with van der Waals surface area (Å²) < 4.78 is 5.81. The number of hydrogen-bond donors (Lipinski definition) is 2. The minimum atomic E-state index is -0.671. The number of benzene rings is 2. The monoisotopic (exact) mass is 288 g/mol. The van der Waals surface area contributed by atoms with Crippen LogP contribution in [0.2, 0.25) is 5.02 Å². The fourth-order valence-electron chi connectivity index (χ4n) is 2.15. The molecule has 3 N–H and O–H groups in total. The summed E-state index contributed by atoms with van der Waals surface area (Å²) in [4.78, 5) is 11.5. The molecule has 102 valence electrons. The molecule has 1 aliphatic rings. The van der Waals surface area contributed by atoms with Crippen molar-refractivity contribution in [2.24, 2.45) is 5.73 Å². The average Bonchev–Trinajstić information content (AvgIpc) is 2.69. The van der Waals surface area contributed by atoms with Gasteiger partial charge in [-0.1, -0.05) is 29.8 Å². The fraction of sp³-hybridized carbons (Fsp3) is 0.133. The third-order valence-electron chi connectivity index (χ3n) is 3.29. The summed E-state index contributed by atoms with van der Waals surface area (Å²) >= 11 is 6.20. The molecule has 2 aromatic carbocycles. The van der Waals surface area contributed by atoms with Crippen molar-refractivity contribution in [3.63, 3.8) is 0 Å². The smallest absolute Gasteiger partial charge is 0.245 e. The summed E-state index contributed by atoms with van der Waals surface area (Å²) in [5.74, 6) is 0.987. The number of para-hydroxylation sites is 1. The number of carbonyl (C=O) groups excluding carboxylic acids is 1. The number of anilines is 1. The summed E-state index contributed by atoms with van der Waals surface area (Å²) in [5.41, 5.74) is 8.12. The maximum atomic E-state index is 11.5. The van der Waals surface area contributed by atoms with Crippen molar-refractivity contribution in [2.75, 3.05) is 5.32 Å². The lowest BCUT2D eigenvalue weighted by Gasteiger charge is -2.12. The Morgan fingerprint density at radius 3 is 2.75 bits per heavy atom. The molecule has 2 aromatic rings. The number of aryl methyl sites for hydroxylation is 1. The average molecular weight is 289 g/mol. The van der Waals surface area contributed by atoms with E-state index in [4.69, 9.17) is 22.1 Å². The molecule has 20 heavy (non-hydrogen) atoms. The second kappa shape index (κ2) is 4.81. The number of rotatable bonds is 2. The van der Waals surface area contributed by atoms with E-state index in [1.54, 1.807) is 12.1 Å². The van der Waals surface area contributed by atoms with Gasteiger partial charge in [0.15, 0.2) is 0 Å². The summed E-state index contributed by atoms with van der Waals surface area (Å²) in [5, 5.41) is 3.14. The van der Waals surface area contributed by atoms with Gasteiger partial charge in [-0.25, -0.2) is 0 Å². The Hall–Kier alpha value is -2.04. The van der Waals surface area contributed by atoms with Gasteiger partial charge >= 0.3 is 0 Å². The van der Waals surface area contributed by atoms with Gasteiger partial charge in [0.25, 0.3) is 0 Å². The molecule has 0 aliphatic carbocycles. The molecule has 0 saturated heterocycles. The number of carbonyl (C=O) groups is 1. The highest BCUT2D eigenvalue weighted by molar-refractivity contribution is 6.32. The molecular weight excluding hydrogens is 276 g/mol. The van der Waals surface area contributed by atoms with Gasteiger partial charge < -0.3 is 15.8 Å². The normalized spacial score (nSPS) is 16.8. The van der Waals surface area contributed by atoms with Crippen LogP contribution < -0.4 is 15.8 Å². The highest BCUT2D eigenvalue weighted by Gasteiger charge is 2.28. The van der Waals surface area contributed by atoms with Crippen molar-refractivity contribution in [2.45, 2.75) is 13.0 Å². The Labute approximate surface area is 121 Å². The van der Waals surface area contributed by atoms with Crippen LogP contribution in [0.4, 0.5) is 5.69 Å². The largest absolute Gasteiger partial charge is 0.455 e. The Bertz CT molecular complexity index is 700. The minimum Gasteiger partial charge on any atom is -0.455 e. The Balaban J connectivity index is 1.99. The fourth-order valence-corrected chi connectivity index (χ4v) is 2.36. The number of halogens is 1. The first-order valence-electron chi connectivity index (χ1n) is 6.19. The van der Waals surface area contributed by atoms with Crippen molar-refractivity contribution in [1.29, 1.82) is 0 Å². The highest BCUT2D eigenvalue weighted by Crippen LogP contribution is 2.39. The van der Waals surface area contributed by atoms with Gasteiger partial charge in [0.2, 0.25) is 5.91 Å². The summed E-state index contributed by atoms with van der Waals surface area (Å²) in [6.07, 6.45) is 0. The van der Waals surface area contributed by atoms with E-state index in [-0.39, 0.29) is 5.91 Å². The van der Waals surface area contributed by atoms with E-state index in [2.05, 4.69) is 5.32 Å². The van der Waals surface area contributed by atoms with Gasteiger partial charge in [-0.2, -0.15) is 0 Å². The van der Waals surface area contributed by atoms with E-state index in [9.17, 15) is 4.79 Å². The maximum Gasteiger partial charge on any atom is 0.245 e. The quantitative estimate of drug-likeness (QED) is 0.890. The molecule has 3 rings (SSSR count). The van der Waals surface area contributed by atoms with Crippen LogP contribution in [0, 0.1) is 6.92 Å². The van der Waals surface area contributed by atoms with Crippen molar-refractivity contribution in [3.05, 3.63) is 52.5 Å². The molecule has 0 radical (unpaired) electrons. The van der Waals surface area contributed by atoms with Crippen molar-refractivity contribution in [1.82, 2.24) is 0 Å². The summed E-state index contributed by atoms with van der Waals surface area (Å²) in [6, 6.07) is 10.3. The maximum absolute atomic E-state index is 11.5. The number of nitrogens with one attached hydrogen (secondary N) is 1. The number of hydrogen-bond acceptors (Lipinski definition) is 3. The molecule has 4 nitrogen and oxygen atoms in total. The van der Waals surface area contributed by atoms with Gasteiger partial charge in [0, 0.05) is 17.3 Å². The van der Waals surface area contributed by atoms with Gasteiger partial charge in [-0.15, -0.1) is 0 Å². The van der Waals surface area contributed by atoms with Crippen LogP contribution in [0.3, 0.4) is 0 Å². The third-order valence-corrected chi connectivity index (χ3v) is 3.59. The number of ether oxygens (including phenoxy) is 1. The predicted molar refractivity (Wildman–Crippen MR) is 78.3 cm³/mol. The number of nitrogens with two attached hydrogens (primary N) is 1. The molecule has 5 heteroatoms. The molecule has 0 bridgehead atoms. The molecule has 0 spiro atoms. The zero-order valence-electron chi connectivity index (χ0n) is 10.8. The minimum absolute atomic E-state index is 0.232. The Morgan fingerprint density at radius 1 is 1.25 bits per heavy atom. The Morgan fingerprint density at radius 2 is 2.00 bits per heavy atom. The first-order chi connectivity index (χ1) is 9.56. The van der Waals surface area contributed by atoms with Gasteiger partial charge in [-0.05, 0) is 24.6 Å².